The fourth-order valence-electron chi connectivity index (χ4n) is 3.95. The predicted molar refractivity (Wildman–Crippen MR) is 124 cm³/mol. The Labute approximate surface area is 203 Å². The number of hydrogen-bond donors (Lipinski definition) is 2. The highest BCUT2D eigenvalue weighted by Crippen LogP contribution is 2.28. The third-order valence-corrected chi connectivity index (χ3v) is 5.67. The fraction of sp³-hybridized carbons (Fsp3) is 0.364. The molecule has 3 aromatic rings. The summed E-state index contributed by atoms with van der Waals surface area (Å²) in [6.45, 7) is 2.38. The van der Waals surface area contributed by atoms with Gasteiger partial charge in [-0.2, -0.15) is 0 Å². The normalized spacial score (nSPS) is 17.0. The van der Waals surface area contributed by atoms with Crippen LogP contribution in [-0.2, 0) is 16.6 Å². The minimum atomic E-state index is -0.601. The van der Waals surface area contributed by atoms with E-state index in [-0.39, 0.29) is 60.0 Å². The molecule has 2 aliphatic rings. The van der Waals surface area contributed by atoms with E-state index in [2.05, 4.69) is 25.6 Å². The average Bonchev–Trinajstić information content (AvgIpc) is 3.23. The van der Waals surface area contributed by atoms with Gasteiger partial charge in [-0.1, -0.05) is 0 Å². The van der Waals surface area contributed by atoms with Crippen LogP contribution in [0.3, 0.4) is 0 Å². The van der Waals surface area contributed by atoms with Gasteiger partial charge in [-0.15, -0.1) is 0 Å². The lowest BCUT2D eigenvalue weighted by molar-refractivity contribution is -0.118. The minimum Gasteiger partial charge on any atom is -0.487 e. The number of carbonyl (C=O) groups is 2. The monoisotopic (exact) mass is 499 g/mol. The summed E-state index contributed by atoms with van der Waals surface area (Å²) in [5.41, 5.74) is 0.707. The second-order valence-electron chi connectivity index (χ2n) is 8.19. The van der Waals surface area contributed by atoms with E-state index in [0.717, 1.165) is 0 Å². The molecule has 1 saturated heterocycles. The quantitative estimate of drug-likeness (QED) is 0.440. The zero-order valence-electron chi connectivity index (χ0n) is 19.4. The number of rotatable bonds is 7. The summed E-state index contributed by atoms with van der Waals surface area (Å²) in [6, 6.07) is 2.74. The van der Waals surface area contributed by atoms with Crippen molar-refractivity contribution in [3.63, 3.8) is 0 Å². The second kappa shape index (κ2) is 9.37. The largest absolute Gasteiger partial charge is 0.487 e. The molecule has 0 radical (unpaired) electrons. The summed E-state index contributed by atoms with van der Waals surface area (Å²) in [5, 5.41) is 5.64. The first kappa shape index (κ1) is 23.4. The number of nitrogens with zero attached hydrogens (tertiary/aromatic N) is 5. The number of nitrogens with one attached hydrogen (secondary N) is 2. The molecule has 4 heterocycles. The van der Waals surface area contributed by atoms with Crippen molar-refractivity contribution in [2.45, 2.75) is 13.0 Å². The minimum absolute atomic E-state index is 0.0538. The molecule has 2 N–H and O–H groups in total. The topological polar surface area (TPSA) is 150 Å². The van der Waals surface area contributed by atoms with E-state index in [1.807, 2.05) is 0 Å². The summed E-state index contributed by atoms with van der Waals surface area (Å²) in [5.74, 6) is -0.481. The first-order chi connectivity index (χ1) is 17.3. The molecule has 0 bridgehead atoms. The van der Waals surface area contributed by atoms with Gasteiger partial charge in [-0.05, 0) is 19.1 Å². The van der Waals surface area contributed by atoms with Crippen LogP contribution < -0.4 is 30.6 Å². The lowest BCUT2D eigenvalue weighted by Gasteiger charge is -2.18. The Morgan fingerprint density at radius 2 is 2.11 bits per heavy atom. The number of aryl methyl sites for hydroxylation is 2. The van der Waals surface area contributed by atoms with Crippen molar-refractivity contribution in [1.82, 2.24) is 24.8 Å². The number of aromatic nitrogens is 4. The number of amides is 2. The van der Waals surface area contributed by atoms with E-state index in [1.54, 1.807) is 6.92 Å². The molecule has 0 aliphatic carbocycles. The van der Waals surface area contributed by atoms with Crippen molar-refractivity contribution < 1.29 is 28.2 Å². The molecule has 36 heavy (non-hydrogen) atoms. The molecule has 2 aliphatic heterocycles. The van der Waals surface area contributed by atoms with Gasteiger partial charge >= 0.3 is 6.09 Å². The summed E-state index contributed by atoms with van der Waals surface area (Å²) in [7, 11) is 1.54. The zero-order chi connectivity index (χ0) is 25.4. The van der Waals surface area contributed by atoms with Crippen molar-refractivity contribution in [1.29, 1.82) is 0 Å². The highest BCUT2D eigenvalue weighted by Gasteiger charge is 2.34. The Bertz CT molecular complexity index is 1430. The van der Waals surface area contributed by atoms with E-state index in [1.165, 1.54) is 34.8 Å². The van der Waals surface area contributed by atoms with E-state index < -0.39 is 18.0 Å². The molecule has 1 aromatic carbocycles. The van der Waals surface area contributed by atoms with Gasteiger partial charge < -0.3 is 29.4 Å². The lowest BCUT2D eigenvalue weighted by atomic mass is 10.2. The van der Waals surface area contributed by atoms with Crippen LogP contribution in [0.1, 0.15) is 5.69 Å². The SMILES string of the molecule is Cc1nc2ccc(F)c(OCCNCC3CN(c4cnc5c(n4)NC(=O)CO5)C(=O)O3)c2n(C)c1=O. The van der Waals surface area contributed by atoms with Gasteiger partial charge in [0.15, 0.2) is 29.8 Å². The van der Waals surface area contributed by atoms with Gasteiger partial charge in [0.25, 0.3) is 17.3 Å². The van der Waals surface area contributed by atoms with Crippen molar-refractivity contribution in [3.8, 4) is 11.6 Å². The van der Waals surface area contributed by atoms with Crippen molar-refractivity contribution in [3.05, 3.63) is 40.2 Å². The van der Waals surface area contributed by atoms with Gasteiger partial charge in [0.1, 0.15) is 23.9 Å². The molecule has 14 heteroatoms. The number of hydrogen-bond acceptors (Lipinski definition) is 10. The number of anilines is 2. The van der Waals surface area contributed by atoms with Crippen molar-refractivity contribution >= 4 is 34.7 Å². The number of cyclic esters (lactones) is 1. The third kappa shape index (κ3) is 4.37. The number of carbonyl (C=O) groups excluding carboxylic acids is 2. The Kier molecular flexibility index (Phi) is 6.10. The van der Waals surface area contributed by atoms with Gasteiger partial charge in [-0.3, -0.25) is 14.5 Å². The van der Waals surface area contributed by atoms with Crippen molar-refractivity contribution in [2.24, 2.45) is 7.05 Å². The maximum Gasteiger partial charge on any atom is 0.416 e. The number of halogens is 1. The zero-order valence-corrected chi connectivity index (χ0v) is 19.4. The third-order valence-electron chi connectivity index (χ3n) is 5.67. The molecule has 0 spiro atoms. The van der Waals surface area contributed by atoms with Gasteiger partial charge in [0.05, 0.1) is 18.3 Å². The molecule has 2 aromatic heterocycles. The summed E-state index contributed by atoms with van der Waals surface area (Å²) >= 11 is 0. The van der Waals surface area contributed by atoms with Gasteiger partial charge in [0.2, 0.25) is 0 Å². The summed E-state index contributed by atoms with van der Waals surface area (Å²) in [4.78, 5) is 49.9. The number of fused-ring (bicyclic) bond motifs is 2. The molecular formula is C22H22FN7O6. The Morgan fingerprint density at radius 3 is 2.94 bits per heavy atom. The van der Waals surface area contributed by atoms with Crippen LogP contribution in [0.2, 0.25) is 0 Å². The highest BCUT2D eigenvalue weighted by atomic mass is 19.1. The maximum absolute atomic E-state index is 14.5. The molecule has 2 amide bonds. The Hall–Kier alpha value is -4.33. The Balaban J connectivity index is 1.16. The predicted octanol–water partition coefficient (Wildman–Crippen LogP) is 0.496. The smallest absolute Gasteiger partial charge is 0.416 e. The molecule has 5 rings (SSSR count). The molecular weight excluding hydrogens is 477 g/mol. The van der Waals surface area contributed by atoms with E-state index in [9.17, 15) is 18.8 Å². The van der Waals surface area contributed by atoms with Crippen LogP contribution in [-0.4, -0.2) is 70.5 Å². The molecule has 1 atom stereocenters. The number of ether oxygens (including phenoxy) is 3. The summed E-state index contributed by atoms with van der Waals surface area (Å²) < 4.78 is 32.0. The molecule has 13 nitrogen and oxygen atoms in total. The second-order valence-corrected chi connectivity index (χ2v) is 8.19. The van der Waals surface area contributed by atoms with Crippen LogP contribution in [0.5, 0.6) is 11.6 Å². The van der Waals surface area contributed by atoms with Crippen LogP contribution in [0.4, 0.5) is 20.8 Å². The van der Waals surface area contributed by atoms with Crippen molar-refractivity contribution in [2.75, 3.05) is 43.1 Å². The van der Waals surface area contributed by atoms with Crippen LogP contribution in [0.15, 0.2) is 23.1 Å². The fourth-order valence-corrected chi connectivity index (χ4v) is 3.95. The van der Waals surface area contributed by atoms with Crippen LogP contribution >= 0.6 is 0 Å². The standard InChI is InChI=1S/C22H22FN7O6/c1-11-21(32)29(2)17-14(26-11)4-3-13(23)18(17)34-6-5-24-7-12-9-30(22(33)36-12)15-8-25-20-19(27-15)28-16(31)10-35-20/h3-4,8,12,24H,5-7,9-10H2,1-2H3,(H,27,28,31). The van der Waals surface area contributed by atoms with E-state index in [4.69, 9.17) is 14.2 Å². The van der Waals surface area contributed by atoms with Crippen LogP contribution in [0, 0.1) is 12.7 Å². The van der Waals surface area contributed by atoms with Gasteiger partial charge in [0, 0.05) is 20.1 Å². The highest BCUT2D eigenvalue weighted by molar-refractivity contribution is 5.94. The molecule has 1 unspecified atom stereocenters. The molecule has 1 fully saturated rings. The molecule has 0 saturated carbocycles. The van der Waals surface area contributed by atoms with E-state index >= 15 is 0 Å². The summed E-state index contributed by atoms with van der Waals surface area (Å²) in [6.07, 6.45) is 0.282. The maximum atomic E-state index is 14.5. The van der Waals surface area contributed by atoms with Gasteiger partial charge in [-0.25, -0.2) is 24.1 Å². The van der Waals surface area contributed by atoms with E-state index in [0.29, 0.717) is 24.3 Å². The first-order valence-electron chi connectivity index (χ1n) is 11.1. The Morgan fingerprint density at radius 1 is 1.28 bits per heavy atom. The molecule has 188 valence electrons. The number of benzene rings is 1. The van der Waals surface area contributed by atoms with Crippen LogP contribution in [0.25, 0.3) is 11.0 Å². The lowest BCUT2D eigenvalue weighted by Crippen LogP contribution is -2.33. The average molecular weight is 499 g/mol. The first-order valence-corrected chi connectivity index (χ1v) is 11.1.